The molecule has 0 spiro atoms. The summed E-state index contributed by atoms with van der Waals surface area (Å²) in [5.74, 6) is -0.252. The molecule has 1 heterocycles. The van der Waals surface area contributed by atoms with Crippen LogP contribution in [0.4, 0.5) is 0 Å². The van der Waals surface area contributed by atoms with E-state index in [-0.39, 0.29) is 31.5 Å². The Morgan fingerprint density at radius 2 is 1.53 bits per heavy atom. The number of nitrogens with zero attached hydrogens (tertiary/aromatic N) is 2. The highest BCUT2D eigenvalue weighted by molar-refractivity contribution is 6.32. The van der Waals surface area contributed by atoms with Crippen LogP contribution in [0.1, 0.15) is 22.9 Å². The molecule has 0 fully saturated rings. The van der Waals surface area contributed by atoms with Gasteiger partial charge in [0.15, 0.2) is 6.61 Å². The van der Waals surface area contributed by atoms with Crippen LogP contribution in [0.3, 0.4) is 0 Å². The van der Waals surface area contributed by atoms with Crippen molar-refractivity contribution >= 4 is 23.4 Å². The van der Waals surface area contributed by atoms with Crippen molar-refractivity contribution in [2.24, 2.45) is 0 Å². The molecule has 6 nitrogen and oxygen atoms in total. The molecule has 2 amide bonds. The van der Waals surface area contributed by atoms with Gasteiger partial charge in [-0.05, 0) is 35.4 Å². The molecule has 0 aliphatic carbocycles. The number of ether oxygens (including phenoxy) is 1. The summed E-state index contributed by atoms with van der Waals surface area (Å²) in [6.07, 6.45) is 1.67. The molecule has 3 aromatic carbocycles. The van der Waals surface area contributed by atoms with E-state index in [1.54, 1.807) is 30.5 Å². The summed E-state index contributed by atoms with van der Waals surface area (Å²) in [5, 5.41) is 3.35. The standard InChI is InChI=1S/C29H26ClN3O3/c30-25-16-7-8-17-26(25)36-21-27(34)33(20-22-11-3-1-4-12-22)28(23-13-5-2-6-14-23)29(35)32-19-24-15-9-10-18-31-24/h1-18,28H,19-21H2,(H,32,35)/t28-/m1/s1. The third kappa shape index (κ3) is 6.71. The molecule has 0 unspecified atom stereocenters. The molecule has 0 saturated heterocycles. The Hall–Kier alpha value is -4.16. The predicted octanol–water partition coefficient (Wildman–Crippen LogP) is 5.20. The van der Waals surface area contributed by atoms with Crippen LogP contribution < -0.4 is 10.1 Å². The molecule has 36 heavy (non-hydrogen) atoms. The number of para-hydroxylation sites is 1. The molecule has 1 atom stereocenters. The van der Waals surface area contributed by atoms with E-state index in [1.807, 2.05) is 78.9 Å². The first-order valence-corrected chi connectivity index (χ1v) is 11.9. The number of carbonyl (C=O) groups excluding carboxylic acids is 2. The summed E-state index contributed by atoms with van der Waals surface area (Å²) >= 11 is 6.21. The zero-order chi connectivity index (χ0) is 25.2. The summed E-state index contributed by atoms with van der Waals surface area (Å²) in [6.45, 7) is 0.196. The fourth-order valence-corrected chi connectivity index (χ4v) is 3.96. The Balaban J connectivity index is 1.62. The minimum absolute atomic E-state index is 0.224. The Morgan fingerprint density at radius 1 is 0.861 bits per heavy atom. The number of rotatable bonds is 10. The molecule has 0 bridgehead atoms. The van der Waals surface area contributed by atoms with Crippen molar-refractivity contribution < 1.29 is 14.3 Å². The zero-order valence-electron chi connectivity index (χ0n) is 19.6. The molecular weight excluding hydrogens is 474 g/mol. The number of benzene rings is 3. The van der Waals surface area contributed by atoms with Gasteiger partial charge in [-0.1, -0.05) is 90.5 Å². The highest BCUT2D eigenvalue weighted by Crippen LogP contribution is 2.26. The maximum absolute atomic E-state index is 13.6. The SMILES string of the molecule is O=C(NCc1ccccn1)[C@@H](c1ccccc1)N(Cc1ccccc1)C(=O)COc1ccccc1Cl. The lowest BCUT2D eigenvalue weighted by Gasteiger charge is -2.31. The molecule has 0 aliphatic heterocycles. The quantitative estimate of drug-likeness (QED) is 0.325. The normalized spacial score (nSPS) is 11.4. The summed E-state index contributed by atoms with van der Waals surface area (Å²) in [6, 6.07) is 30.4. The van der Waals surface area contributed by atoms with Gasteiger partial charge in [0.1, 0.15) is 11.8 Å². The Morgan fingerprint density at radius 3 is 2.22 bits per heavy atom. The number of hydrogen-bond donors (Lipinski definition) is 1. The molecule has 0 saturated carbocycles. The lowest BCUT2D eigenvalue weighted by atomic mass is 10.0. The van der Waals surface area contributed by atoms with E-state index in [0.717, 1.165) is 11.3 Å². The molecule has 1 aromatic heterocycles. The molecule has 182 valence electrons. The van der Waals surface area contributed by atoms with Gasteiger partial charge in [-0.15, -0.1) is 0 Å². The number of aromatic nitrogens is 1. The average molecular weight is 500 g/mol. The smallest absolute Gasteiger partial charge is 0.261 e. The fraction of sp³-hybridized carbons (Fsp3) is 0.138. The van der Waals surface area contributed by atoms with E-state index in [4.69, 9.17) is 16.3 Å². The highest BCUT2D eigenvalue weighted by Gasteiger charge is 2.32. The van der Waals surface area contributed by atoms with Gasteiger partial charge in [-0.2, -0.15) is 0 Å². The average Bonchev–Trinajstić information content (AvgIpc) is 2.92. The van der Waals surface area contributed by atoms with Crippen molar-refractivity contribution in [3.05, 3.63) is 131 Å². The van der Waals surface area contributed by atoms with Gasteiger partial charge in [0.05, 0.1) is 17.3 Å². The van der Waals surface area contributed by atoms with Crippen LogP contribution in [0.15, 0.2) is 109 Å². The summed E-state index contributed by atoms with van der Waals surface area (Å²) in [5.41, 5.74) is 2.31. The first-order valence-electron chi connectivity index (χ1n) is 11.5. The largest absolute Gasteiger partial charge is 0.482 e. The molecule has 0 radical (unpaired) electrons. The number of nitrogens with one attached hydrogen (secondary N) is 1. The van der Waals surface area contributed by atoms with E-state index >= 15 is 0 Å². The fourth-order valence-electron chi connectivity index (χ4n) is 3.77. The first kappa shape index (κ1) is 24.9. The zero-order valence-corrected chi connectivity index (χ0v) is 20.3. The number of amides is 2. The van der Waals surface area contributed by atoms with Gasteiger partial charge in [0.2, 0.25) is 5.91 Å². The van der Waals surface area contributed by atoms with E-state index in [0.29, 0.717) is 16.3 Å². The lowest BCUT2D eigenvalue weighted by Crippen LogP contribution is -2.45. The van der Waals surface area contributed by atoms with Crippen LogP contribution in [0, 0.1) is 0 Å². The summed E-state index contributed by atoms with van der Waals surface area (Å²) in [4.78, 5) is 33.0. The monoisotopic (exact) mass is 499 g/mol. The van der Waals surface area contributed by atoms with Crippen LogP contribution in [0.2, 0.25) is 5.02 Å². The first-order chi connectivity index (χ1) is 17.6. The molecule has 7 heteroatoms. The van der Waals surface area contributed by atoms with Crippen LogP contribution in [0.25, 0.3) is 0 Å². The topological polar surface area (TPSA) is 71.5 Å². The van der Waals surface area contributed by atoms with Crippen molar-refractivity contribution in [2.45, 2.75) is 19.1 Å². The van der Waals surface area contributed by atoms with Crippen LogP contribution in [-0.2, 0) is 22.7 Å². The summed E-state index contributed by atoms with van der Waals surface area (Å²) in [7, 11) is 0. The van der Waals surface area contributed by atoms with E-state index in [2.05, 4.69) is 10.3 Å². The third-order valence-corrected chi connectivity index (χ3v) is 5.86. The minimum Gasteiger partial charge on any atom is -0.482 e. The molecule has 0 aliphatic rings. The van der Waals surface area contributed by atoms with E-state index in [1.165, 1.54) is 4.90 Å². The van der Waals surface area contributed by atoms with Crippen molar-refractivity contribution in [1.82, 2.24) is 15.2 Å². The molecular formula is C29H26ClN3O3. The Kier molecular flexibility index (Phi) is 8.67. The van der Waals surface area contributed by atoms with Crippen molar-refractivity contribution in [1.29, 1.82) is 0 Å². The van der Waals surface area contributed by atoms with Crippen LogP contribution >= 0.6 is 11.6 Å². The maximum atomic E-state index is 13.6. The second kappa shape index (κ2) is 12.5. The highest BCUT2D eigenvalue weighted by atomic mass is 35.5. The second-order valence-electron chi connectivity index (χ2n) is 8.08. The Labute approximate surface area is 215 Å². The Bertz CT molecular complexity index is 1270. The van der Waals surface area contributed by atoms with Gasteiger partial charge in [-0.25, -0.2) is 0 Å². The number of pyridine rings is 1. The lowest BCUT2D eigenvalue weighted by molar-refractivity contribution is -0.143. The molecule has 4 aromatic rings. The van der Waals surface area contributed by atoms with E-state index < -0.39 is 6.04 Å². The van der Waals surface area contributed by atoms with Gasteiger partial charge in [0, 0.05) is 12.7 Å². The van der Waals surface area contributed by atoms with Gasteiger partial charge in [0.25, 0.3) is 5.91 Å². The van der Waals surface area contributed by atoms with Crippen molar-refractivity contribution in [3.8, 4) is 5.75 Å². The maximum Gasteiger partial charge on any atom is 0.261 e. The second-order valence-corrected chi connectivity index (χ2v) is 8.49. The summed E-state index contributed by atoms with van der Waals surface area (Å²) < 4.78 is 5.75. The number of hydrogen-bond acceptors (Lipinski definition) is 4. The van der Waals surface area contributed by atoms with Gasteiger partial charge in [-0.3, -0.25) is 14.6 Å². The van der Waals surface area contributed by atoms with Crippen LogP contribution in [-0.4, -0.2) is 28.3 Å². The van der Waals surface area contributed by atoms with Crippen molar-refractivity contribution in [3.63, 3.8) is 0 Å². The van der Waals surface area contributed by atoms with Crippen molar-refractivity contribution in [2.75, 3.05) is 6.61 Å². The molecule has 4 rings (SSSR count). The van der Waals surface area contributed by atoms with Gasteiger partial charge < -0.3 is 15.0 Å². The van der Waals surface area contributed by atoms with Gasteiger partial charge >= 0.3 is 0 Å². The molecule has 1 N–H and O–H groups in total. The predicted molar refractivity (Wildman–Crippen MR) is 139 cm³/mol. The number of halogens is 1. The van der Waals surface area contributed by atoms with Crippen LogP contribution in [0.5, 0.6) is 5.75 Å². The van der Waals surface area contributed by atoms with E-state index in [9.17, 15) is 9.59 Å². The third-order valence-electron chi connectivity index (χ3n) is 5.55. The minimum atomic E-state index is -0.877. The number of carbonyl (C=O) groups is 2.